The van der Waals surface area contributed by atoms with Crippen LogP contribution in [0, 0.1) is 5.82 Å². The zero-order chi connectivity index (χ0) is 10.6. The molecule has 0 fully saturated rings. The van der Waals surface area contributed by atoms with Gasteiger partial charge in [-0.25, -0.2) is 4.39 Å². The Morgan fingerprint density at radius 2 is 2.29 bits per heavy atom. The zero-order valence-corrected chi connectivity index (χ0v) is 9.55. The molecule has 1 atom stereocenters. The lowest BCUT2D eigenvalue weighted by Crippen LogP contribution is -2.03. The minimum Gasteiger partial charge on any atom is -0.303 e. The normalized spacial score (nSPS) is 12.5. The van der Waals surface area contributed by atoms with Crippen LogP contribution in [0.15, 0.2) is 18.2 Å². The Bertz CT molecular complexity index is 325. The van der Waals surface area contributed by atoms with Gasteiger partial charge in [0.15, 0.2) is 0 Å². The molecule has 1 nitrogen and oxygen atoms in total. The van der Waals surface area contributed by atoms with E-state index in [-0.39, 0.29) is 11.7 Å². The van der Waals surface area contributed by atoms with Gasteiger partial charge in [-0.1, -0.05) is 35.0 Å². The fourth-order valence-electron chi connectivity index (χ4n) is 1.30. The third kappa shape index (κ3) is 2.41. The summed E-state index contributed by atoms with van der Waals surface area (Å²) in [6, 6.07) is 4.85. The Hall–Kier alpha value is -0.700. The molecule has 76 valence electrons. The van der Waals surface area contributed by atoms with E-state index in [1.807, 2.05) is 6.92 Å². The van der Waals surface area contributed by atoms with Crippen LogP contribution < -0.4 is 0 Å². The summed E-state index contributed by atoms with van der Waals surface area (Å²) in [6.07, 6.45) is 1.52. The van der Waals surface area contributed by atoms with Gasteiger partial charge in [-0.15, -0.1) is 0 Å². The van der Waals surface area contributed by atoms with Crippen molar-refractivity contribution in [3.8, 4) is 0 Å². The average Bonchev–Trinajstić information content (AvgIpc) is 2.22. The van der Waals surface area contributed by atoms with Crippen molar-refractivity contribution in [2.45, 2.75) is 19.3 Å². The van der Waals surface area contributed by atoms with Crippen molar-refractivity contribution < 1.29 is 9.18 Å². The third-order valence-electron chi connectivity index (χ3n) is 2.21. The highest BCUT2D eigenvalue weighted by molar-refractivity contribution is 9.09. The van der Waals surface area contributed by atoms with Gasteiger partial charge in [-0.05, 0) is 23.6 Å². The standard InChI is InChI=1S/C11H12BrFO/c1-2-8-5-9(3-4-11(8)13)10(6-12)7-14/h3-5,7,10H,2,6H2,1H3. The van der Waals surface area contributed by atoms with Crippen LogP contribution >= 0.6 is 15.9 Å². The van der Waals surface area contributed by atoms with Crippen LogP contribution in [0.4, 0.5) is 4.39 Å². The maximum atomic E-state index is 13.1. The summed E-state index contributed by atoms with van der Waals surface area (Å²) in [4.78, 5) is 10.7. The largest absolute Gasteiger partial charge is 0.303 e. The molecular formula is C11H12BrFO. The first-order valence-corrected chi connectivity index (χ1v) is 5.64. The summed E-state index contributed by atoms with van der Waals surface area (Å²) in [5.74, 6) is -0.378. The van der Waals surface area contributed by atoms with Crippen LogP contribution in [-0.2, 0) is 11.2 Å². The van der Waals surface area contributed by atoms with Crippen molar-refractivity contribution >= 4 is 22.2 Å². The Kier molecular flexibility index (Phi) is 4.26. The molecule has 0 spiro atoms. The molecule has 0 aliphatic rings. The Balaban J connectivity index is 3.04. The molecule has 0 heterocycles. The summed E-state index contributed by atoms with van der Waals surface area (Å²) < 4.78 is 13.1. The van der Waals surface area contributed by atoms with Crippen molar-refractivity contribution in [2.75, 3.05) is 5.33 Å². The molecule has 0 saturated carbocycles. The molecule has 3 heteroatoms. The minimum absolute atomic E-state index is 0.180. The van der Waals surface area contributed by atoms with Crippen LogP contribution in [0.5, 0.6) is 0 Å². The van der Waals surface area contributed by atoms with E-state index < -0.39 is 0 Å². The van der Waals surface area contributed by atoms with Gasteiger partial charge in [0.2, 0.25) is 0 Å². The lowest BCUT2D eigenvalue weighted by atomic mass is 9.99. The van der Waals surface area contributed by atoms with Gasteiger partial charge in [-0.2, -0.15) is 0 Å². The van der Waals surface area contributed by atoms with Crippen molar-refractivity contribution in [3.05, 3.63) is 35.1 Å². The lowest BCUT2D eigenvalue weighted by Gasteiger charge is -2.08. The molecule has 1 unspecified atom stereocenters. The van der Waals surface area contributed by atoms with Crippen LogP contribution in [0.2, 0.25) is 0 Å². The van der Waals surface area contributed by atoms with Crippen LogP contribution in [0.25, 0.3) is 0 Å². The number of aryl methyl sites for hydroxylation is 1. The second-order valence-electron chi connectivity index (χ2n) is 3.10. The molecule has 0 amide bonds. The summed E-state index contributed by atoms with van der Waals surface area (Å²) in [5, 5.41) is 0.575. The highest BCUT2D eigenvalue weighted by atomic mass is 79.9. The first-order chi connectivity index (χ1) is 6.72. The minimum atomic E-state index is -0.199. The van der Waals surface area contributed by atoms with E-state index in [0.29, 0.717) is 17.3 Å². The summed E-state index contributed by atoms with van der Waals surface area (Å²) >= 11 is 3.25. The monoisotopic (exact) mass is 258 g/mol. The van der Waals surface area contributed by atoms with E-state index in [1.165, 1.54) is 6.07 Å². The molecule has 0 saturated heterocycles. The molecule has 14 heavy (non-hydrogen) atoms. The molecule has 1 rings (SSSR count). The van der Waals surface area contributed by atoms with Gasteiger partial charge in [0.25, 0.3) is 0 Å². The molecule has 0 N–H and O–H groups in total. The Morgan fingerprint density at radius 1 is 1.57 bits per heavy atom. The SMILES string of the molecule is CCc1cc(C(C=O)CBr)ccc1F. The van der Waals surface area contributed by atoms with Gasteiger partial charge in [0.05, 0.1) is 0 Å². The van der Waals surface area contributed by atoms with E-state index in [1.54, 1.807) is 12.1 Å². The molecule has 0 aromatic heterocycles. The van der Waals surface area contributed by atoms with E-state index in [9.17, 15) is 9.18 Å². The lowest BCUT2D eigenvalue weighted by molar-refractivity contribution is -0.108. The van der Waals surface area contributed by atoms with E-state index >= 15 is 0 Å². The van der Waals surface area contributed by atoms with Crippen LogP contribution in [0.1, 0.15) is 24.0 Å². The van der Waals surface area contributed by atoms with Crippen molar-refractivity contribution in [3.63, 3.8) is 0 Å². The number of rotatable bonds is 4. The predicted molar refractivity (Wildman–Crippen MR) is 58.4 cm³/mol. The third-order valence-corrected chi connectivity index (χ3v) is 2.91. The first kappa shape index (κ1) is 11.4. The number of carbonyl (C=O) groups is 1. The van der Waals surface area contributed by atoms with Crippen molar-refractivity contribution in [1.29, 1.82) is 0 Å². The molecule has 0 aliphatic carbocycles. The number of aldehydes is 1. The molecule has 0 radical (unpaired) electrons. The molecular weight excluding hydrogens is 247 g/mol. The quantitative estimate of drug-likeness (QED) is 0.600. The number of halogens is 2. The average molecular weight is 259 g/mol. The summed E-state index contributed by atoms with van der Waals surface area (Å²) in [6.45, 7) is 1.90. The van der Waals surface area contributed by atoms with E-state index in [0.717, 1.165) is 11.8 Å². The van der Waals surface area contributed by atoms with Gasteiger partial charge >= 0.3 is 0 Å². The number of hydrogen-bond acceptors (Lipinski definition) is 1. The predicted octanol–water partition coefficient (Wildman–Crippen LogP) is 3.07. The van der Waals surface area contributed by atoms with E-state index in [4.69, 9.17) is 0 Å². The first-order valence-electron chi connectivity index (χ1n) is 4.52. The number of alkyl halides is 1. The summed E-state index contributed by atoms with van der Waals surface area (Å²) in [7, 11) is 0. The Labute approximate surface area is 91.5 Å². The smallest absolute Gasteiger partial charge is 0.128 e. The topological polar surface area (TPSA) is 17.1 Å². The van der Waals surface area contributed by atoms with Gasteiger partial charge < -0.3 is 4.79 Å². The van der Waals surface area contributed by atoms with Crippen LogP contribution in [-0.4, -0.2) is 11.6 Å². The number of carbonyl (C=O) groups excluding carboxylic acids is 1. The fraction of sp³-hybridized carbons (Fsp3) is 0.364. The maximum absolute atomic E-state index is 13.1. The Morgan fingerprint density at radius 3 is 2.79 bits per heavy atom. The van der Waals surface area contributed by atoms with Gasteiger partial charge in [0, 0.05) is 11.2 Å². The van der Waals surface area contributed by atoms with Crippen molar-refractivity contribution in [1.82, 2.24) is 0 Å². The zero-order valence-electron chi connectivity index (χ0n) is 7.97. The second kappa shape index (κ2) is 5.25. The fourth-order valence-corrected chi connectivity index (χ4v) is 1.83. The van der Waals surface area contributed by atoms with E-state index in [2.05, 4.69) is 15.9 Å². The summed E-state index contributed by atoms with van der Waals surface area (Å²) in [5.41, 5.74) is 1.53. The molecule has 0 bridgehead atoms. The number of benzene rings is 1. The maximum Gasteiger partial charge on any atom is 0.128 e. The second-order valence-corrected chi connectivity index (χ2v) is 3.75. The molecule has 1 aromatic rings. The van der Waals surface area contributed by atoms with Gasteiger partial charge in [-0.3, -0.25) is 0 Å². The van der Waals surface area contributed by atoms with Gasteiger partial charge in [0.1, 0.15) is 12.1 Å². The highest BCUT2D eigenvalue weighted by Gasteiger charge is 2.10. The van der Waals surface area contributed by atoms with Crippen LogP contribution in [0.3, 0.4) is 0 Å². The molecule has 0 aliphatic heterocycles. The molecule has 1 aromatic carbocycles. The van der Waals surface area contributed by atoms with Crippen molar-refractivity contribution in [2.24, 2.45) is 0 Å². The highest BCUT2D eigenvalue weighted by Crippen LogP contribution is 2.19. The number of hydrogen-bond donors (Lipinski definition) is 0.